The minimum absolute atomic E-state index is 0.0286. The van der Waals surface area contributed by atoms with Crippen molar-refractivity contribution in [3.8, 4) is 0 Å². The number of aliphatic hydroxyl groups excluding tert-OH is 1. The summed E-state index contributed by atoms with van der Waals surface area (Å²) in [6.07, 6.45) is 3.30. The van der Waals surface area contributed by atoms with E-state index >= 15 is 0 Å². The lowest BCUT2D eigenvalue weighted by Crippen LogP contribution is -2.50. The zero-order valence-electron chi connectivity index (χ0n) is 12.4. The average Bonchev–Trinajstić information content (AvgIpc) is 2.54. The Kier molecular flexibility index (Phi) is 6.21. The minimum Gasteiger partial charge on any atom is -0.396 e. The number of aliphatic hydroxyl groups is 1. The summed E-state index contributed by atoms with van der Waals surface area (Å²) in [5.74, 6) is -1.10. The average molecular weight is 325 g/mol. The molecule has 1 unspecified atom stereocenters. The van der Waals surface area contributed by atoms with E-state index in [1.165, 1.54) is 0 Å². The van der Waals surface area contributed by atoms with Crippen LogP contribution in [0, 0.1) is 0 Å². The van der Waals surface area contributed by atoms with Gasteiger partial charge >= 0.3 is 11.8 Å². The zero-order chi connectivity index (χ0) is 15.9. The van der Waals surface area contributed by atoms with E-state index < -0.39 is 11.8 Å². The van der Waals surface area contributed by atoms with Crippen molar-refractivity contribution >= 4 is 23.4 Å². The van der Waals surface area contributed by atoms with Gasteiger partial charge in [-0.2, -0.15) is 0 Å². The number of piperidine rings is 1. The van der Waals surface area contributed by atoms with Crippen molar-refractivity contribution in [3.05, 3.63) is 34.9 Å². The van der Waals surface area contributed by atoms with E-state index in [1.807, 2.05) is 12.1 Å². The van der Waals surface area contributed by atoms with E-state index in [-0.39, 0.29) is 12.6 Å². The molecular formula is C16H21ClN2O3. The zero-order valence-corrected chi connectivity index (χ0v) is 13.2. The first-order chi connectivity index (χ1) is 10.6. The summed E-state index contributed by atoms with van der Waals surface area (Å²) in [7, 11) is 0. The first-order valence-corrected chi connectivity index (χ1v) is 7.93. The molecule has 1 aliphatic heterocycles. The van der Waals surface area contributed by atoms with Gasteiger partial charge in [-0.15, -0.1) is 0 Å². The van der Waals surface area contributed by atoms with Gasteiger partial charge < -0.3 is 15.3 Å². The molecule has 1 aliphatic rings. The number of rotatable bonds is 4. The van der Waals surface area contributed by atoms with Crippen molar-refractivity contribution in [1.82, 2.24) is 10.2 Å². The van der Waals surface area contributed by atoms with Crippen LogP contribution in [0.4, 0.5) is 0 Å². The SMILES string of the molecule is O=C(NCc1ccc(Cl)cc1)C(=O)N1CCCCC1CCO. The molecule has 1 aromatic carbocycles. The Labute approximate surface area is 135 Å². The molecule has 2 N–H and O–H groups in total. The molecule has 22 heavy (non-hydrogen) atoms. The van der Waals surface area contributed by atoms with Gasteiger partial charge in [0.1, 0.15) is 0 Å². The first kappa shape index (κ1) is 16.8. The molecule has 0 spiro atoms. The molecule has 2 rings (SSSR count). The third kappa shape index (κ3) is 4.45. The first-order valence-electron chi connectivity index (χ1n) is 7.56. The molecular weight excluding hydrogens is 304 g/mol. The summed E-state index contributed by atoms with van der Waals surface area (Å²) in [6.45, 7) is 0.902. The fourth-order valence-electron chi connectivity index (χ4n) is 2.71. The minimum atomic E-state index is -0.597. The van der Waals surface area contributed by atoms with Crippen molar-refractivity contribution in [2.75, 3.05) is 13.2 Å². The van der Waals surface area contributed by atoms with Gasteiger partial charge in [-0.1, -0.05) is 23.7 Å². The van der Waals surface area contributed by atoms with E-state index in [9.17, 15) is 9.59 Å². The third-order valence-corrected chi connectivity index (χ3v) is 4.16. The van der Waals surface area contributed by atoms with Crippen molar-refractivity contribution < 1.29 is 14.7 Å². The Morgan fingerprint density at radius 1 is 1.27 bits per heavy atom. The van der Waals surface area contributed by atoms with E-state index in [2.05, 4.69) is 5.32 Å². The number of halogens is 1. The largest absolute Gasteiger partial charge is 0.396 e. The summed E-state index contributed by atoms with van der Waals surface area (Å²) in [5.41, 5.74) is 0.885. The van der Waals surface area contributed by atoms with Crippen LogP contribution in [0.3, 0.4) is 0 Å². The van der Waals surface area contributed by atoms with Gasteiger partial charge in [0.05, 0.1) is 0 Å². The topological polar surface area (TPSA) is 69.6 Å². The fourth-order valence-corrected chi connectivity index (χ4v) is 2.83. The molecule has 6 heteroatoms. The summed E-state index contributed by atoms with van der Waals surface area (Å²) < 4.78 is 0. The molecule has 1 fully saturated rings. The van der Waals surface area contributed by atoms with Crippen LogP contribution >= 0.6 is 11.6 Å². The number of hydrogen-bond donors (Lipinski definition) is 2. The molecule has 0 bridgehead atoms. The normalized spacial score (nSPS) is 18.1. The molecule has 1 heterocycles. The van der Waals surface area contributed by atoms with Crippen LogP contribution in [-0.2, 0) is 16.1 Å². The van der Waals surface area contributed by atoms with Crippen LogP contribution < -0.4 is 5.32 Å². The predicted molar refractivity (Wildman–Crippen MR) is 84.4 cm³/mol. The van der Waals surface area contributed by atoms with E-state index in [4.69, 9.17) is 16.7 Å². The second-order valence-electron chi connectivity index (χ2n) is 5.47. The Bertz CT molecular complexity index is 517. The van der Waals surface area contributed by atoms with Gasteiger partial charge in [0.2, 0.25) is 0 Å². The van der Waals surface area contributed by atoms with Crippen LogP contribution in [-0.4, -0.2) is 41.0 Å². The van der Waals surface area contributed by atoms with E-state index in [0.29, 0.717) is 24.5 Å². The fraction of sp³-hybridized carbons (Fsp3) is 0.500. The summed E-state index contributed by atoms with van der Waals surface area (Å²) in [5, 5.41) is 12.4. The summed E-state index contributed by atoms with van der Waals surface area (Å²) >= 11 is 5.80. The number of nitrogens with zero attached hydrogens (tertiary/aromatic N) is 1. The number of nitrogens with one attached hydrogen (secondary N) is 1. The number of benzene rings is 1. The molecule has 1 aromatic rings. The highest BCUT2D eigenvalue weighted by Crippen LogP contribution is 2.19. The Morgan fingerprint density at radius 2 is 2.00 bits per heavy atom. The molecule has 1 saturated heterocycles. The second-order valence-corrected chi connectivity index (χ2v) is 5.91. The smallest absolute Gasteiger partial charge is 0.312 e. The van der Waals surface area contributed by atoms with Gasteiger partial charge in [0, 0.05) is 30.8 Å². The van der Waals surface area contributed by atoms with Crippen LogP contribution in [0.1, 0.15) is 31.2 Å². The van der Waals surface area contributed by atoms with E-state index in [1.54, 1.807) is 17.0 Å². The van der Waals surface area contributed by atoms with Crippen LogP contribution in [0.25, 0.3) is 0 Å². The number of hydrogen-bond acceptors (Lipinski definition) is 3. The van der Waals surface area contributed by atoms with Crippen LogP contribution in [0.15, 0.2) is 24.3 Å². The molecule has 5 nitrogen and oxygen atoms in total. The second kappa shape index (κ2) is 8.15. The maximum atomic E-state index is 12.3. The highest BCUT2D eigenvalue weighted by atomic mass is 35.5. The lowest BCUT2D eigenvalue weighted by Gasteiger charge is -2.35. The Hall–Kier alpha value is -1.59. The molecule has 0 aromatic heterocycles. The predicted octanol–water partition coefficient (Wildman–Crippen LogP) is 1.72. The maximum Gasteiger partial charge on any atom is 0.312 e. The van der Waals surface area contributed by atoms with Gasteiger partial charge in [0.25, 0.3) is 0 Å². The van der Waals surface area contributed by atoms with Crippen molar-refractivity contribution in [3.63, 3.8) is 0 Å². The number of carbonyl (C=O) groups is 2. The Morgan fingerprint density at radius 3 is 2.68 bits per heavy atom. The molecule has 120 valence electrons. The van der Waals surface area contributed by atoms with Gasteiger partial charge in [-0.05, 0) is 43.4 Å². The number of amides is 2. The molecule has 0 saturated carbocycles. The van der Waals surface area contributed by atoms with Crippen molar-refractivity contribution in [2.45, 2.75) is 38.3 Å². The van der Waals surface area contributed by atoms with Gasteiger partial charge in [-0.3, -0.25) is 9.59 Å². The molecule has 0 radical (unpaired) electrons. The number of likely N-dealkylation sites (tertiary alicyclic amines) is 1. The summed E-state index contributed by atoms with van der Waals surface area (Å²) in [4.78, 5) is 25.9. The highest BCUT2D eigenvalue weighted by Gasteiger charge is 2.30. The lowest BCUT2D eigenvalue weighted by atomic mass is 9.99. The van der Waals surface area contributed by atoms with Crippen LogP contribution in [0.2, 0.25) is 5.02 Å². The number of carbonyl (C=O) groups excluding carboxylic acids is 2. The van der Waals surface area contributed by atoms with Gasteiger partial charge in [-0.25, -0.2) is 0 Å². The third-order valence-electron chi connectivity index (χ3n) is 3.91. The van der Waals surface area contributed by atoms with Crippen molar-refractivity contribution in [1.29, 1.82) is 0 Å². The van der Waals surface area contributed by atoms with Gasteiger partial charge in [0.15, 0.2) is 0 Å². The molecule has 0 aliphatic carbocycles. The monoisotopic (exact) mass is 324 g/mol. The summed E-state index contributed by atoms with van der Waals surface area (Å²) in [6, 6.07) is 7.07. The van der Waals surface area contributed by atoms with Crippen molar-refractivity contribution in [2.24, 2.45) is 0 Å². The molecule has 2 amide bonds. The van der Waals surface area contributed by atoms with E-state index in [0.717, 1.165) is 24.8 Å². The quantitative estimate of drug-likeness (QED) is 0.829. The molecule has 1 atom stereocenters. The maximum absolute atomic E-state index is 12.3. The Balaban J connectivity index is 1.90. The highest BCUT2D eigenvalue weighted by molar-refractivity contribution is 6.35. The van der Waals surface area contributed by atoms with Crippen LogP contribution in [0.5, 0.6) is 0 Å². The lowest BCUT2D eigenvalue weighted by molar-refractivity contribution is -0.148. The standard InChI is InChI=1S/C16H21ClN2O3/c17-13-6-4-12(5-7-13)11-18-15(21)16(22)19-9-2-1-3-14(19)8-10-20/h4-7,14,20H,1-3,8-11H2,(H,18,21).